The van der Waals surface area contributed by atoms with Gasteiger partial charge in [-0.15, -0.1) is 0 Å². The molecule has 0 saturated carbocycles. The molecule has 2 aromatic carbocycles. The molecule has 3 aliphatic rings. The summed E-state index contributed by atoms with van der Waals surface area (Å²) < 4.78 is 6.05. The topological polar surface area (TPSA) is 107 Å². The molecule has 1 amide bonds. The van der Waals surface area contributed by atoms with E-state index in [0.717, 1.165) is 10.5 Å². The Bertz CT molecular complexity index is 1150. The van der Waals surface area contributed by atoms with Crippen molar-refractivity contribution in [2.45, 2.75) is 43.8 Å². The van der Waals surface area contributed by atoms with E-state index in [1.165, 1.54) is 12.1 Å². The third-order valence-corrected chi connectivity index (χ3v) is 6.62. The molecule has 1 fully saturated rings. The van der Waals surface area contributed by atoms with E-state index in [1.807, 2.05) is 26.0 Å². The third kappa shape index (κ3) is 2.13. The number of unbranched alkanes of at least 4 members (excludes halogenated alkanes) is 1. The van der Waals surface area contributed by atoms with Crippen molar-refractivity contribution in [2.75, 3.05) is 6.54 Å². The number of rotatable bonds is 4. The summed E-state index contributed by atoms with van der Waals surface area (Å²) in [7, 11) is 0. The van der Waals surface area contributed by atoms with Gasteiger partial charge in [-0.3, -0.25) is 9.59 Å². The van der Waals surface area contributed by atoms with Crippen molar-refractivity contribution >= 4 is 17.4 Å². The number of aliphatic hydroxyl groups is 3. The van der Waals surface area contributed by atoms with E-state index in [1.54, 1.807) is 24.3 Å². The summed E-state index contributed by atoms with van der Waals surface area (Å²) in [5, 5.41) is 34.9. The van der Waals surface area contributed by atoms with Crippen LogP contribution in [0.15, 0.2) is 54.1 Å². The first-order valence-electron chi connectivity index (χ1n) is 10.4. The van der Waals surface area contributed by atoms with E-state index in [4.69, 9.17) is 4.74 Å². The lowest BCUT2D eigenvalue weighted by molar-refractivity contribution is -0.312. The van der Waals surface area contributed by atoms with E-state index < -0.39 is 28.8 Å². The van der Waals surface area contributed by atoms with Gasteiger partial charge in [0.1, 0.15) is 5.76 Å². The monoisotopic (exact) mass is 421 g/mol. The van der Waals surface area contributed by atoms with Crippen molar-refractivity contribution in [3.05, 3.63) is 76.4 Å². The molecule has 31 heavy (non-hydrogen) atoms. The molecule has 2 heterocycles. The van der Waals surface area contributed by atoms with Crippen LogP contribution in [0.2, 0.25) is 0 Å². The average molecular weight is 421 g/mol. The zero-order valence-electron chi connectivity index (χ0n) is 17.3. The van der Waals surface area contributed by atoms with Crippen molar-refractivity contribution < 1.29 is 29.6 Å². The SMILES string of the molecule is CCCCN1C(=O)C(=O)C2=C(c3ccc(C)cc3)O[C@@]3(O)c4ccccc4C(O)(O)[C@]213. The Hall–Kier alpha value is -3.00. The highest BCUT2D eigenvalue weighted by Gasteiger charge is 2.84. The fraction of sp³-hybridized carbons (Fsp3) is 0.333. The van der Waals surface area contributed by atoms with Crippen LogP contribution >= 0.6 is 0 Å². The lowest BCUT2D eigenvalue weighted by Crippen LogP contribution is -2.66. The second-order valence-corrected chi connectivity index (χ2v) is 8.38. The predicted octanol–water partition coefficient (Wildman–Crippen LogP) is 1.68. The smallest absolute Gasteiger partial charge is 0.296 e. The molecule has 1 saturated heterocycles. The van der Waals surface area contributed by atoms with Crippen molar-refractivity contribution in [2.24, 2.45) is 0 Å². The Labute approximate surface area is 179 Å². The van der Waals surface area contributed by atoms with Crippen LogP contribution < -0.4 is 0 Å². The highest BCUT2D eigenvalue weighted by molar-refractivity contribution is 6.48. The Kier molecular flexibility index (Phi) is 4.02. The van der Waals surface area contributed by atoms with Crippen molar-refractivity contribution in [3.8, 4) is 0 Å². The first-order valence-corrected chi connectivity index (χ1v) is 10.4. The number of hydrogen-bond acceptors (Lipinski definition) is 6. The fourth-order valence-electron chi connectivity index (χ4n) is 5.19. The van der Waals surface area contributed by atoms with E-state index in [9.17, 15) is 24.9 Å². The Morgan fingerprint density at radius 2 is 1.61 bits per heavy atom. The molecular formula is C24H23NO6. The number of amides is 1. The molecule has 1 spiro atoms. The van der Waals surface area contributed by atoms with Gasteiger partial charge in [-0.25, -0.2) is 0 Å². The van der Waals surface area contributed by atoms with Gasteiger partial charge in [-0.1, -0.05) is 67.4 Å². The van der Waals surface area contributed by atoms with Gasteiger partial charge in [0.25, 0.3) is 17.5 Å². The van der Waals surface area contributed by atoms with Crippen LogP contribution in [-0.2, 0) is 25.9 Å². The number of ketones is 1. The average Bonchev–Trinajstić information content (AvgIpc) is 3.22. The van der Waals surface area contributed by atoms with Crippen molar-refractivity contribution in [3.63, 3.8) is 0 Å². The van der Waals surface area contributed by atoms with Gasteiger partial charge in [0.2, 0.25) is 11.3 Å². The molecule has 3 N–H and O–H groups in total. The molecule has 2 aliphatic heterocycles. The highest BCUT2D eigenvalue weighted by Crippen LogP contribution is 2.67. The first-order chi connectivity index (χ1) is 14.7. The molecule has 7 heteroatoms. The second kappa shape index (κ2) is 6.26. The van der Waals surface area contributed by atoms with Gasteiger partial charge >= 0.3 is 0 Å². The third-order valence-electron chi connectivity index (χ3n) is 6.62. The fourth-order valence-corrected chi connectivity index (χ4v) is 5.19. The van der Waals surface area contributed by atoms with E-state index in [2.05, 4.69) is 0 Å². The number of Topliss-reactive ketones (excluding diaryl/α,β-unsaturated/α-hetero) is 1. The first kappa shape index (κ1) is 19.9. The minimum absolute atomic E-state index is 0.00181. The van der Waals surface area contributed by atoms with E-state index >= 15 is 0 Å². The zero-order valence-corrected chi connectivity index (χ0v) is 17.3. The zero-order chi connectivity index (χ0) is 22.2. The molecule has 0 aromatic heterocycles. The van der Waals surface area contributed by atoms with Crippen LogP contribution in [0, 0.1) is 6.92 Å². The van der Waals surface area contributed by atoms with Crippen molar-refractivity contribution in [1.29, 1.82) is 0 Å². The number of carbonyl (C=O) groups is 2. The summed E-state index contributed by atoms with van der Waals surface area (Å²) in [4.78, 5) is 27.5. The van der Waals surface area contributed by atoms with Crippen LogP contribution in [0.5, 0.6) is 0 Å². The molecule has 0 bridgehead atoms. The standard InChI is InChI=1S/C24H23NO6/c1-3-4-13-25-21(27)19(26)18-20(15-11-9-14(2)10-12-15)31-24(30)17-8-6-5-7-16(17)23(28,29)22(18,24)25/h5-12,28-30H,3-4,13H2,1-2H3/t22-,24-/m0/s1. The summed E-state index contributed by atoms with van der Waals surface area (Å²) in [6.45, 7) is 3.88. The van der Waals surface area contributed by atoms with Gasteiger partial charge in [-0.05, 0) is 13.3 Å². The molecule has 2 aromatic rings. The molecule has 160 valence electrons. The molecule has 7 nitrogen and oxygen atoms in total. The molecule has 0 radical (unpaired) electrons. The molecule has 0 unspecified atom stereocenters. The number of hydrogen-bond donors (Lipinski definition) is 3. The predicted molar refractivity (Wildman–Crippen MR) is 110 cm³/mol. The minimum atomic E-state index is -2.74. The summed E-state index contributed by atoms with van der Waals surface area (Å²) in [6.07, 6.45) is 1.21. The number of benzene rings is 2. The van der Waals surface area contributed by atoms with Gasteiger partial charge < -0.3 is 25.0 Å². The summed E-state index contributed by atoms with van der Waals surface area (Å²) >= 11 is 0. The maximum atomic E-state index is 13.3. The number of aryl methyl sites for hydroxylation is 1. The van der Waals surface area contributed by atoms with Gasteiger partial charge in [0.05, 0.1) is 5.57 Å². The number of nitrogens with zero attached hydrogens (tertiary/aromatic N) is 1. The lowest BCUT2D eigenvalue weighted by Gasteiger charge is -2.45. The Morgan fingerprint density at radius 3 is 2.26 bits per heavy atom. The summed E-state index contributed by atoms with van der Waals surface area (Å²) in [5.41, 5.74) is -0.863. The van der Waals surface area contributed by atoms with E-state index in [0.29, 0.717) is 18.4 Å². The largest absolute Gasteiger partial charge is 0.454 e. The van der Waals surface area contributed by atoms with Crippen LogP contribution in [-0.4, -0.2) is 44.0 Å². The van der Waals surface area contributed by atoms with Crippen molar-refractivity contribution in [1.82, 2.24) is 4.90 Å². The number of ether oxygens (including phenoxy) is 1. The molecular weight excluding hydrogens is 398 g/mol. The molecule has 2 atom stereocenters. The van der Waals surface area contributed by atoms with Gasteiger partial charge in [-0.2, -0.15) is 0 Å². The van der Waals surface area contributed by atoms with Crippen LogP contribution in [0.3, 0.4) is 0 Å². The second-order valence-electron chi connectivity index (χ2n) is 8.38. The van der Waals surface area contributed by atoms with Crippen LogP contribution in [0.25, 0.3) is 5.76 Å². The maximum absolute atomic E-state index is 13.3. The van der Waals surface area contributed by atoms with Crippen LogP contribution in [0.1, 0.15) is 42.0 Å². The maximum Gasteiger partial charge on any atom is 0.296 e. The number of carbonyl (C=O) groups excluding carboxylic acids is 2. The normalized spacial score (nSPS) is 28.0. The molecule has 5 rings (SSSR count). The lowest BCUT2D eigenvalue weighted by atomic mass is 9.78. The minimum Gasteiger partial charge on any atom is -0.454 e. The van der Waals surface area contributed by atoms with Gasteiger partial charge in [0.15, 0.2) is 0 Å². The summed E-state index contributed by atoms with van der Waals surface area (Å²) in [6, 6.07) is 13.3. The number of likely N-dealkylation sites (tertiary alicyclic amines) is 1. The van der Waals surface area contributed by atoms with E-state index in [-0.39, 0.29) is 29.0 Å². The quantitative estimate of drug-likeness (QED) is 0.512. The number of fused-ring (bicyclic) bond motifs is 2. The highest BCUT2D eigenvalue weighted by atomic mass is 16.6. The summed E-state index contributed by atoms with van der Waals surface area (Å²) in [5.74, 6) is -6.87. The van der Waals surface area contributed by atoms with Gasteiger partial charge in [0, 0.05) is 23.2 Å². The Balaban J connectivity index is 1.86. The van der Waals surface area contributed by atoms with Crippen LogP contribution in [0.4, 0.5) is 0 Å². The Morgan fingerprint density at radius 1 is 0.968 bits per heavy atom. The molecule has 1 aliphatic carbocycles.